The summed E-state index contributed by atoms with van der Waals surface area (Å²) in [5.74, 6) is -1.32. The zero-order chi connectivity index (χ0) is 25.2. The number of fused-ring (bicyclic) bond motifs is 1. The number of nitrogens with one attached hydrogen (secondary N) is 2. The molecule has 35 heavy (non-hydrogen) atoms. The Morgan fingerprint density at radius 1 is 1.06 bits per heavy atom. The molecule has 0 bridgehead atoms. The molecule has 3 N–H and O–H groups in total. The van der Waals surface area contributed by atoms with E-state index in [0.717, 1.165) is 22.3 Å². The Morgan fingerprint density at radius 2 is 1.74 bits per heavy atom. The van der Waals surface area contributed by atoms with Crippen LogP contribution in [0.25, 0.3) is 6.08 Å². The van der Waals surface area contributed by atoms with Crippen LogP contribution in [0.15, 0.2) is 75.4 Å². The predicted molar refractivity (Wildman–Crippen MR) is 138 cm³/mol. The van der Waals surface area contributed by atoms with E-state index >= 15 is 0 Å². The van der Waals surface area contributed by atoms with Crippen LogP contribution in [0.5, 0.6) is 0 Å². The van der Waals surface area contributed by atoms with Gasteiger partial charge in [-0.25, -0.2) is 8.42 Å². The van der Waals surface area contributed by atoms with Gasteiger partial charge in [0.2, 0.25) is 0 Å². The van der Waals surface area contributed by atoms with Crippen molar-refractivity contribution in [3.8, 4) is 0 Å². The number of aryl methyl sites for hydroxylation is 2. The minimum atomic E-state index is -3.59. The van der Waals surface area contributed by atoms with E-state index in [2.05, 4.69) is 10.6 Å². The van der Waals surface area contributed by atoms with E-state index in [1.54, 1.807) is 42.5 Å². The summed E-state index contributed by atoms with van der Waals surface area (Å²) in [6.45, 7) is 3.62. The number of benzene rings is 3. The Labute approximate surface area is 208 Å². The number of hydrogen-bond donors (Lipinski definition) is 3. The predicted octanol–water partition coefficient (Wildman–Crippen LogP) is 4.86. The number of thioether (sulfide) groups is 1. The van der Waals surface area contributed by atoms with E-state index in [1.165, 1.54) is 17.8 Å². The van der Waals surface area contributed by atoms with Gasteiger partial charge in [-0.05, 0) is 72.5 Å². The van der Waals surface area contributed by atoms with Crippen molar-refractivity contribution >= 4 is 50.9 Å². The highest BCUT2D eigenvalue weighted by Crippen LogP contribution is 2.40. The van der Waals surface area contributed by atoms with Gasteiger partial charge in [0.15, 0.2) is 9.84 Å². The van der Waals surface area contributed by atoms with Gasteiger partial charge >= 0.3 is 5.97 Å². The lowest BCUT2D eigenvalue weighted by molar-refractivity contribution is -0.134. The summed E-state index contributed by atoms with van der Waals surface area (Å²) in [5.41, 5.74) is 4.64. The number of sulfone groups is 1. The molecule has 0 radical (unpaired) electrons. The van der Waals surface area contributed by atoms with Gasteiger partial charge in [0.1, 0.15) is 6.54 Å². The standard InChI is InChI=1S/C26H24N2O5S2/c1-16-4-3-5-17(2)21(16)15-35(32,33)20-10-11-22-23(13-20)34-24(26(31)28-22)12-18-6-8-19(9-7-18)27-14-25(29)30/h3-13,27H,14-15H2,1-2H3,(H,28,31)(H,29,30)/b24-12-. The number of carboxylic acid groups (broad SMARTS) is 1. The lowest BCUT2D eigenvalue weighted by Gasteiger charge is -2.20. The molecule has 0 saturated carbocycles. The zero-order valence-corrected chi connectivity index (χ0v) is 20.8. The van der Waals surface area contributed by atoms with Crippen LogP contribution in [-0.2, 0) is 25.2 Å². The van der Waals surface area contributed by atoms with Gasteiger partial charge in [-0.2, -0.15) is 0 Å². The molecule has 3 aromatic rings. The molecule has 4 rings (SSSR count). The van der Waals surface area contributed by atoms with Gasteiger partial charge < -0.3 is 15.7 Å². The molecule has 0 unspecified atom stereocenters. The number of carbonyl (C=O) groups excluding carboxylic acids is 1. The Kier molecular flexibility index (Phi) is 7.00. The number of amides is 1. The number of aliphatic carboxylic acids is 1. The van der Waals surface area contributed by atoms with Crippen molar-refractivity contribution in [2.24, 2.45) is 0 Å². The van der Waals surface area contributed by atoms with Gasteiger partial charge in [-0.1, -0.05) is 42.1 Å². The minimum Gasteiger partial charge on any atom is -0.480 e. The average molecular weight is 509 g/mol. The topological polar surface area (TPSA) is 113 Å². The molecule has 180 valence electrons. The molecule has 1 amide bonds. The summed E-state index contributed by atoms with van der Waals surface area (Å²) in [5, 5.41) is 14.4. The van der Waals surface area contributed by atoms with Crippen LogP contribution < -0.4 is 10.6 Å². The fraction of sp³-hybridized carbons (Fsp3) is 0.154. The van der Waals surface area contributed by atoms with Crippen molar-refractivity contribution in [2.75, 3.05) is 17.2 Å². The first-order chi connectivity index (χ1) is 16.6. The Bertz CT molecular complexity index is 1420. The minimum absolute atomic E-state index is 0.0910. The number of rotatable bonds is 7. The van der Waals surface area contributed by atoms with Crippen molar-refractivity contribution < 1.29 is 23.1 Å². The van der Waals surface area contributed by atoms with Crippen molar-refractivity contribution in [2.45, 2.75) is 29.4 Å². The third-order valence-electron chi connectivity index (χ3n) is 5.64. The lowest BCUT2D eigenvalue weighted by Crippen LogP contribution is -2.18. The number of carbonyl (C=O) groups is 2. The second kappa shape index (κ2) is 9.97. The lowest BCUT2D eigenvalue weighted by atomic mass is 10.1. The molecule has 1 heterocycles. The monoisotopic (exact) mass is 508 g/mol. The highest BCUT2D eigenvalue weighted by atomic mass is 32.2. The maximum absolute atomic E-state index is 13.2. The maximum Gasteiger partial charge on any atom is 0.322 e. The summed E-state index contributed by atoms with van der Waals surface area (Å²) in [6.07, 6.45) is 1.71. The molecular weight excluding hydrogens is 484 g/mol. The van der Waals surface area contributed by atoms with E-state index in [0.29, 0.717) is 21.2 Å². The van der Waals surface area contributed by atoms with Crippen LogP contribution in [0.2, 0.25) is 0 Å². The highest BCUT2D eigenvalue weighted by Gasteiger charge is 2.25. The van der Waals surface area contributed by atoms with E-state index in [1.807, 2.05) is 32.0 Å². The molecule has 0 saturated heterocycles. The summed E-state index contributed by atoms with van der Waals surface area (Å²) in [7, 11) is -3.59. The van der Waals surface area contributed by atoms with Gasteiger partial charge in [0, 0.05) is 10.6 Å². The Balaban J connectivity index is 1.57. The Hall–Kier alpha value is -3.56. The first-order valence-electron chi connectivity index (χ1n) is 10.8. The maximum atomic E-state index is 13.2. The second-order valence-corrected chi connectivity index (χ2v) is 11.3. The molecule has 0 spiro atoms. The van der Waals surface area contributed by atoms with Gasteiger partial charge in [-0.3, -0.25) is 9.59 Å². The molecule has 0 fully saturated rings. The molecular formula is C26H24N2O5S2. The molecule has 0 aromatic heterocycles. The summed E-state index contributed by atoms with van der Waals surface area (Å²) in [4.78, 5) is 24.6. The molecule has 1 aliphatic heterocycles. The smallest absolute Gasteiger partial charge is 0.322 e. The van der Waals surface area contributed by atoms with Gasteiger partial charge in [-0.15, -0.1) is 0 Å². The van der Waals surface area contributed by atoms with Crippen molar-refractivity contribution in [3.05, 3.63) is 87.8 Å². The van der Waals surface area contributed by atoms with Crippen molar-refractivity contribution in [1.82, 2.24) is 0 Å². The summed E-state index contributed by atoms with van der Waals surface area (Å²) < 4.78 is 26.4. The molecule has 0 aliphatic carbocycles. The van der Waals surface area contributed by atoms with Crippen LogP contribution in [0.4, 0.5) is 11.4 Å². The fourth-order valence-corrected chi connectivity index (χ4v) is 6.34. The first-order valence-corrected chi connectivity index (χ1v) is 13.3. The molecule has 3 aromatic carbocycles. The molecule has 1 aliphatic rings. The highest BCUT2D eigenvalue weighted by molar-refractivity contribution is 8.04. The SMILES string of the molecule is Cc1cccc(C)c1CS(=O)(=O)c1ccc2c(c1)S/C(=C\c1ccc(NCC(=O)O)cc1)C(=O)N2. The third kappa shape index (κ3) is 5.75. The number of carboxylic acids is 1. The second-order valence-electron chi connectivity index (χ2n) is 8.22. The van der Waals surface area contributed by atoms with Crippen LogP contribution in [0.1, 0.15) is 22.3 Å². The van der Waals surface area contributed by atoms with E-state index < -0.39 is 15.8 Å². The van der Waals surface area contributed by atoms with Gasteiger partial charge in [0.05, 0.1) is 21.2 Å². The first kappa shape index (κ1) is 24.6. The Morgan fingerprint density at radius 3 is 2.40 bits per heavy atom. The molecule has 0 atom stereocenters. The summed E-state index contributed by atoms with van der Waals surface area (Å²) >= 11 is 1.21. The third-order valence-corrected chi connectivity index (χ3v) is 8.36. The zero-order valence-electron chi connectivity index (χ0n) is 19.2. The van der Waals surface area contributed by atoms with Crippen LogP contribution in [0, 0.1) is 13.8 Å². The van der Waals surface area contributed by atoms with Crippen molar-refractivity contribution in [1.29, 1.82) is 0 Å². The fourth-order valence-electron chi connectivity index (χ4n) is 3.70. The van der Waals surface area contributed by atoms with E-state index in [9.17, 15) is 18.0 Å². The largest absolute Gasteiger partial charge is 0.480 e. The quantitative estimate of drug-likeness (QED) is 0.391. The van der Waals surface area contributed by atoms with Crippen LogP contribution in [0.3, 0.4) is 0 Å². The van der Waals surface area contributed by atoms with Crippen molar-refractivity contribution in [3.63, 3.8) is 0 Å². The van der Waals surface area contributed by atoms with E-state index in [-0.39, 0.29) is 23.1 Å². The summed E-state index contributed by atoms with van der Waals surface area (Å²) in [6, 6.07) is 17.5. The average Bonchev–Trinajstić information content (AvgIpc) is 2.81. The molecule has 9 heteroatoms. The molecule has 7 nitrogen and oxygen atoms in total. The van der Waals surface area contributed by atoms with Gasteiger partial charge in [0.25, 0.3) is 5.91 Å². The van der Waals surface area contributed by atoms with E-state index in [4.69, 9.17) is 5.11 Å². The van der Waals surface area contributed by atoms with Crippen LogP contribution in [-0.4, -0.2) is 31.9 Å². The number of anilines is 2. The number of hydrogen-bond acceptors (Lipinski definition) is 6. The normalized spacial score (nSPS) is 14.3. The van der Waals surface area contributed by atoms with Crippen LogP contribution >= 0.6 is 11.8 Å².